The summed E-state index contributed by atoms with van der Waals surface area (Å²) in [4.78, 5) is 5.54. The molecule has 144 valence electrons. The first-order valence-corrected chi connectivity index (χ1v) is 11.2. The predicted molar refractivity (Wildman–Crippen MR) is 111 cm³/mol. The van der Waals surface area contributed by atoms with Crippen LogP contribution in [-0.2, 0) is 4.84 Å². The molecular weight excluding hydrogens is 362 g/mol. The van der Waals surface area contributed by atoms with Crippen LogP contribution in [0.4, 0.5) is 0 Å². The minimum absolute atomic E-state index is 0.840. The number of rotatable bonds is 19. The summed E-state index contributed by atoms with van der Waals surface area (Å²) in [6.45, 7) is 6.23. The highest BCUT2D eigenvalue weighted by Crippen LogP contribution is 2.10. The van der Waals surface area contributed by atoms with Gasteiger partial charge in [-0.1, -0.05) is 83.8 Å². The van der Waals surface area contributed by atoms with Crippen LogP contribution in [0.2, 0.25) is 0 Å². The third-order valence-corrected chi connectivity index (χ3v) is 4.85. The molecule has 0 aromatic carbocycles. The van der Waals surface area contributed by atoms with Crippen molar-refractivity contribution in [1.29, 1.82) is 0 Å². The maximum Gasteiger partial charge on any atom is 0.0695 e. The molecule has 24 heavy (non-hydrogen) atoms. The van der Waals surface area contributed by atoms with E-state index in [4.69, 9.17) is 4.84 Å². The van der Waals surface area contributed by atoms with Crippen LogP contribution >= 0.6 is 16.1 Å². The summed E-state index contributed by atoms with van der Waals surface area (Å²) in [6.07, 6.45) is 24.8. The van der Waals surface area contributed by atoms with Gasteiger partial charge in [-0.3, -0.25) is 4.84 Å². The molecule has 0 radical (unpaired) electrons. The molecular formula is C21H42BrNO. The molecule has 0 spiro atoms. The summed E-state index contributed by atoms with van der Waals surface area (Å²) in [6, 6.07) is 0. The van der Waals surface area contributed by atoms with Crippen LogP contribution in [-0.4, -0.2) is 17.2 Å². The number of unbranched alkanes of at least 4 members (excludes halogenated alkanes) is 12. The monoisotopic (exact) mass is 403 g/mol. The van der Waals surface area contributed by atoms with Crippen molar-refractivity contribution in [1.82, 2.24) is 4.09 Å². The second-order valence-corrected chi connectivity index (χ2v) is 7.60. The molecule has 0 atom stereocenters. The topological polar surface area (TPSA) is 12.5 Å². The molecule has 0 unspecified atom stereocenters. The van der Waals surface area contributed by atoms with E-state index in [0.29, 0.717) is 0 Å². The zero-order valence-corrected chi connectivity index (χ0v) is 18.0. The van der Waals surface area contributed by atoms with Crippen molar-refractivity contribution < 1.29 is 4.84 Å². The van der Waals surface area contributed by atoms with Crippen LogP contribution in [0.3, 0.4) is 0 Å². The van der Waals surface area contributed by atoms with E-state index in [1.165, 1.54) is 89.9 Å². The summed E-state index contributed by atoms with van der Waals surface area (Å²) in [5, 5.41) is 0. The highest BCUT2D eigenvalue weighted by molar-refractivity contribution is 9.07. The molecule has 0 bridgehead atoms. The van der Waals surface area contributed by atoms with Crippen LogP contribution in [0.1, 0.15) is 110 Å². The lowest BCUT2D eigenvalue weighted by molar-refractivity contribution is -0.0685. The lowest BCUT2D eigenvalue weighted by atomic mass is 10.1. The second kappa shape index (κ2) is 21.2. The average molecular weight is 404 g/mol. The molecule has 0 saturated carbocycles. The van der Waals surface area contributed by atoms with Gasteiger partial charge in [0.05, 0.1) is 6.61 Å². The van der Waals surface area contributed by atoms with Crippen molar-refractivity contribution in [3.05, 3.63) is 12.2 Å². The van der Waals surface area contributed by atoms with E-state index in [2.05, 4.69) is 42.1 Å². The fraction of sp³-hybridized carbons (Fsp3) is 0.905. The largest absolute Gasteiger partial charge is 0.288 e. The Kier molecular flexibility index (Phi) is 21.3. The first-order chi connectivity index (χ1) is 11.8. The third-order valence-electron chi connectivity index (χ3n) is 4.29. The predicted octanol–water partition coefficient (Wildman–Crippen LogP) is 7.98. The average Bonchev–Trinajstić information content (AvgIpc) is 2.58. The molecule has 0 amide bonds. The molecule has 0 N–H and O–H groups in total. The standard InChI is InChI=1S/C21H42BrNO/c1-3-5-6-7-8-9-10-11-12-13-14-15-16-17-18-19-21-24-23(22)20-4-2/h11-12H,3-10,13-21H2,1-2H3. The van der Waals surface area contributed by atoms with E-state index < -0.39 is 0 Å². The lowest BCUT2D eigenvalue weighted by Crippen LogP contribution is -2.13. The van der Waals surface area contributed by atoms with E-state index in [9.17, 15) is 0 Å². The summed E-state index contributed by atoms with van der Waals surface area (Å²) in [7, 11) is 0. The number of allylic oxidation sites excluding steroid dienone is 2. The molecule has 0 aliphatic heterocycles. The van der Waals surface area contributed by atoms with Crippen molar-refractivity contribution in [2.75, 3.05) is 13.2 Å². The van der Waals surface area contributed by atoms with Gasteiger partial charge in [0.1, 0.15) is 0 Å². The van der Waals surface area contributed by atoms with Gasteiger partial charge in [-0.05, 0) is 38.5 Å². The van der Waals surface area contributed by atoms with Gasteiger partial charge in [0.2, 0.25) is 0 Å². The van der Waals surface area contributed by atoms with Gasteiger partial charge in [-0.25, -0.2) is 0 Å². The van der Waals surface area contributed by atoms with Crippen LogP contribution in [0.15, 0.2) is 12.2 Å². The Balaban J connectivity index is 3.10. The molecule has 0 rings (SSSR count). The quantitative estimate of drug-likeness (QED) is 0.0936. The number of nitrogens with zero attached hydrogens (tertiary/aromatic N) is 1. The maximum absolute atomic E-state index is 5.54. The van der Waals surface area contributed by atoms with Crippen LogP contribution < -0.4 is 0 Å². The normalized spacial score (nSPS) is 11.8. The molecule has 3 heteroatoms. The molecule has 0 aromatic rings. The van der Waals surface area contributed by atoms with Gasteiger partial charge in [-0.2, -0.15) is 0 Å². The van der Waals surface area contributed by atoms with Gasteiger partial charge in [0.15, 0.2) is 0 Å². The van der Waals surface area contributed by atoms with E-state index in [0.717, 1.165) is 19.6 Å². The number of hydrogen-bond donors (Lipinski definition) is 0. The molecule has 0 heterocycles. The Bertz CT molecular complexity index is 258. The van der Waals surface area contributed by atoms with Gasteiger partial charge >= 0.3 is 0 Å². The highest BCUT2D eigenvalue weighted by Gasteiger charge is 1.98. The summed E-state index contributed by atoms with van der Waals surface area (Å²) in [5.74, 6) is 0. The zero-order chi connectivity index (χ0) is 17.7. The number of halogens is 1. The van der Waals surface area contributed by atoms with Crippen LogP contribution in [0.5, 0.6) is 0 Å². The SMILES string of the molecule is CCCCCCCCC=CCCCCCCCCON(Br)CCC. The van der Waals surface area contributed by atoms with Gasteiger partial charge in [0.25, 0.3) is 0 Å². The Hall–Kier alpha value is 0.140. The van der Waals surface area contributed by atoms with Crippen molar-refractivity contribution in [2.24, 2.45) is 0 Å². The molecule has 0 saturated heterocycles. The molecule has 2 nitrogen and oxygen atoms in total. The van der Waals surface area contributed by atoms with Gasteiger partial charge in [-0.15, -0.1) is 4.09 Å². The molecule has 0 aliphatic carbocycles. The molecule has 0 aliphatic rings. The smallest absolute Gasteiger partial charge is 0.0695 e. The number of hydrogen-bond acceptors (Lipinski definition) is 2. The fourth-order valence-corrected chi connectivity index (χ4v) is 3.25. The van der Waals surface area contributed by atoms with Crippen LogP contribution in [0.25, 0.3) is 0 Å². The van der Waals surface area contributed by atoms with E-state index in [-0.39, 0.29) is 0 Å². The fourth-order valence-electron chi connectivity index (χ4n) is 2.75. The van der Waals surface area contributed by atoms with Crippen molar-refractivity contribution in [3.63, 3.8) is 0 Å². The Morgan fingerprint density at radius 2 is 1.17 bits per heavy atom. The highest BCUT2D eigenvalue weighted by atomic mass is 79.9. The van der Waals surface area contributed by atoms with Gasteiger partial charge in [0, 0.05) is 22.7 Å². The Morgan fingerprint density at radius 3 is 1.71 bits per heavy atom. The minimum atomic E-state index is 0.840. The van der Waals surface area contributed by atoms with E-state index >= 15 is 0 Å². The summed E-state index contributed by atoms with van der Waals surface area (Å²) in [5.41, 5.74) is 0. The first-order valence-electron chi connectivity index (χ1n) is 10.5. The van der Waals surface area contributed by atoms with Crippen molar-refractivity contribution in [3.8, 4) is 0 Å². The van der Waals surface area contributed by atoms with E-state index in [1.54, 1.807) is 4.09 Å². The molecule has 0 fully saturated rings. The van der Waals surface area contributed by atoms with E-state index in [1.807, 2.05) is 0 Å². The summed E-state index contributed by atoms with van der Waals surface area (Å²) >= 11 is 3.39. The van der Waals surface area contributed by atoms with Crippen molar-refractivity contribution >= 4 is 16.1 Å². The molecule has 0 aromatic heterocycles. The van der Waals surface area contributed by atoms with Crippen LogP contribution in [0, 0.1) is 0 Å². The summed E-state index contributed by atoms with van der Waals surface area (Å²) < 4.78 is 1.78. The lowest BCUT2D eigenvalue weighted by Gasteiger charge is -2.12. The maximum atomic E-state index is 5.54. The Labute approximate surface area is 160 Å². The third kappa shape index (κ3) is 20.2. The number of hydroxylamine groups is 1. The minimum Gasteiger partial charge on any atom is -0.288 e. The van der Waals surface area contributed by atoms with Crippen molar-refractivity contribution in [2.45, 2.75) is 110 Å². The second-order valence-electron chi connectivity index (χ2n) is 6.81. The Morgan fingerprint density at radius 1 is 0.667 bits per heavy atom. The zero-order valence-electron chi connectivity index (χ0n) is 16.4. The van der Waals surface area contributed by atoms with Gasteiger partial charge < -0.3 is 0 Å². The first kappa shape index (κ1) is 24.1.